The van der Waals surface area contributed by atoms with Crippen LogP contribution >= 0.6 is 11.3 Å². The third kappa shape index (κ3) is 2.48. The SMILES string of the molecule is O=C(NCc1cncs1)c1cc2ccccc2cc1O. The zero-order valence-corrected chi connectivity index (χ0v) is 11.4. The molecule has 0 aliphatic rings. The van der Waals surface area contributed by atoms with Crippen LogP contribution < -0.4 is 5.32 Å². The van der Waals surface area contributed by atoms with E-state index in [9.17, 15) is 9.90 Å². The third-order valence-electron chi connectivity index (χ3n) is 3.02. The van der Waals surface area contributed by atoms with Gasteiger partial charge in [-0.1, -0.05) is 24.3 Å². The van der Waals surface area contributed by atoms with Crippen LogP contribution in [0.2, 0.25) is 0 Å². The molecule has 5 heteroatoms. The fraction of sp³-hybridized carbons (Fsp3) is 0.0667. The number of aromatic nitrogens is 1. The largest absolute Gasteiger partial charge is 0.507 e. The van der Waals surface area contributed by atoms with E-state index < -0.39 is 0 Å². The average Bonchev–Trinajstić information content (AvgIpc) is 2.97. The van der Waals surface area contributed by atoms with E-state index in [4.69, 9.17) is 0 Å². The van der Waals surface area contributed by atoms with Crippen LogP contribution in [0.25, 0.3) is 10.8 Å². The summed E-state index contributed by atoms with van der Waals surface area (Å²) >= 11 is 1.48. The molecule has 0 atom stereocenters. The highest BCUT2D eigenvalue weighted by Crippen LogP contribution is 2.24. The monoisotopic (exact) mass is 284 g/mol. The number of amides is 1. The number of carbonyl (C=O) groups is 1. The maximum absolute atomic E-state index is 12.1. The Kier molecular flexibility index (Phi) is 3.35. The predicted molar refractivity (Wildman–Crippen MR) is 78.9 cm³/mol. The number of nitrogens with one attached hydrogen (secondary N) is 1. The predicted octanol–water partition coefficient (Wildman–Crippen LogP) is 2.93. The summed E-state index contributed by atoms with van der Waals surface area (Å²) < 4.78 is 0. The maximum atomic E-state index is 12.1. The Balaban J connectivity index is 1.85. The summed E-state index contributed by atoms with van der Waals surface area (Å²) in [5.41, 5.74) is 2.00. The molecule has 0 unspecified atom stereocenters. The molecule has 20 heavy (non-hydrogen) atoms. The molecule has 0 aliphatic heterocycles. The van der Waals surface area contributed by atoms with Crippen LogP contribution in [-0.4, -0.2) is 16.0 Å². The lowest BCUT2D eigenvalue weighted by Crippen LogP contribution is -2.22. The Hall–Kier alpha value is -2.40. The first kappa shape index (κ1) is 12.6. The van der Waals surface area contributed by atoms with Crippen molar-refractivity contribution in [2.45, 2.75) is 6.54 Å². The van der Waals surface area contributed by atoms with E-state index in [0.29, 0.717) is 6.54 Å². The number of aromatic hydroxyl groups is 1. The van der Waals surface area contributed by atoms with Gasteiger partial charge in [-0.05, 0) is 22.9 Å². The van der Waals surface area contributed by atoms with Crippen molar-refractivity contribution in [1.82, 2.24) is 10.3 Å². The van der Waals surface area contributed by atoms with E-state index in [0.717, 1.165) is 15.6 Å². The number of hydrogen-bond donors (Lipinski definition) is 2. The number of carbonyl (C=O) groups excluding carboxylic acids is 1. The summed E-state index contributed by atoms with van der Waals surface area (Å²) in [7, 11) is 0. The lowest BCUT2D eigenvalue weighted by atomic mass is 10.1. The molecular weight excluding hydrogens is 272 g/mol. The molecule has 4 nitrogen and oxygen atoms in total. The van der Waals surface area contributed by atoms with Crippen LogP contribution in [0.4, 0.5) is 0 Å². The van der Waals surface area contributed by atoms with Gasteiger partial charge in [0, 0.05) is 11.1 Å². The molecule has 2 N–H and O–H groups in total. The summed E-state index contributed by atoms with van der Waals surface area (Å²) in [6, 6.07) is 10.9. The average molecular weight is 284 g/mol. The Labute approximate surface area is 119 Å². The Morgan fingerprint density at radius 2 is 2.00 bits per heavy atom. The van der Waals surface area contributed by atoms with E-state index in [1.807, 2.05) is 24.3 Å². The molecule has 100 valence electrons. The number of thiazole rings is 1. The summed E-state index contributed by atoms with van der Waals surface area (Å²) in [6.07, 6.45) is 1.71. The maximum Gasteiger partial charge on any atom is 0.255 e. The summed E-state index contributed by atoms with van der Waals surface area (Å²) in [4.78, 5) is 17.0. The topological polar surface area (TPSA) is 62.2 Å². The number of nitrogens with zero attached hydrogens (tertiary/aromatic N) is 1. The minimum Gasteiger partial charge on any atom is -0.507 e. The summed E-state index contributed by atoms with van der Waals surface area (Å²) in [5.74, 6) is -0.299. The van der Waals surface area contributed by atoms with Gasteiger partial charge < -0.3 is 10.4 Å². The molecule has 3 aromatic rings. The van der Waals surface area contributed by atoms with Crippen LogP contribution in [-0.2, 0) is 6.54 Å². The second kappa shape index (κ2) is 5.30. The van der Waals surface area contributed by atoms with Crippen molar-refractivity contribution in [2.75, 3.05) is 0 Å². The van der Waals surface area contributed by atoms with Crippen LogP contribution in [0, 0.1) is 0 Å². The smallest absolute Gasteiger partial charge is 0.255 e. The van der Waals surface area contributed by atoms with Crippen molar-refractivity contribution in [3.8, 4) is 5.75 Å². The molecule has 1 amide bonds. The van der Waals surface area contributed by atoms with Crippen molar-refractivity contribution in [3.05, 3.63) is 58.5 Å². The van der Waals surface area contributed by atoms with Gasteiger partial charge in [-0.15, -0.1) is 11.3 Å². The van der Waals surface area contributed by atoms with Crippen LogP contribution in [0.5, 0.6) is 5.75 Å². The zero-order valence-electron chi connectivity index (χ0n) is 10.5. The minimum atomic E-state index is -0.290. The van der Waals surface area contributed by atoms with Crippen molar-refractivity contribution in [1.29, 1.82) is 0 Å². The van der Waals surface area contributed by atoms with E-state index in [1.165, 1.54) is 11.3 Å². The number of phenolic OH excluding ortho intramolecular Hbond substituents is 1. The third-order valence-corrected chi connectivity index (χ3v) is 3.79. The van der Waals surface area contributed by atoms with Gasteiger partial charge in [0.05, 0.1) is 17.6 Å². The fourth-order valence-electron chi connectivity index (χ4n) is 2.00. The fourth-order valence-corrected chi connectivity index (χ4v) is 2.54. The van der Waals surface area contributed by atoms with Gasteiger partial charge in [0.2, 0.25) is 0 Å². The highest BCUT2D eigenvalue weighted by atomic mass is 32.1. The second-order valence-corrected chi connectivity index (χ2v) is 5.34. The first-order chi connectivity index (χ1) is 9.74. The first-order valence-corrected chi connectivity index (χ1v) is 6.99. The van der Waals surface area contributed by atoms with Crippen LogP contribution in [0.3, 0.4) is 0 Å². The molecule has 3 rings (SSSR count). The number of phenols is 1. The van der Waals surface area contributed by atoms with E-state index in [2.05, 4.69) is 10.3 Å². The van der Waals surface area contributed by atoms with Crippen molar-refractivity contribution in [3.63, 3.8) is 0 Å². The highest BCUT2D eigenvalue weighted by Gasteiger charge is 2.12. The standard InChI is InChI=1S/C15H12N2O2S/c18-14-6-11-4-2-1-3-10(11)5-13(14)15(19)17-8-12-7-16-9-20-12/h1-7,9,18H,8H2,(H,17,19). The number of benzene rings is 2. The molecule has 1 aromatic heterocycles. The lowest BCUT2D eigenvalue weighted by molar-refractivity contribution is 0.0949. The molecular formula is C15H12N2O2S. The Morgan fingerprint density at radius 3 is 2.70 bits per heavy atom. The van der Waals surface area contributed by atoms with Crippen molar-refractivity contribution >= 4 is 28.0 Å². The first-order valence-electron chi connectivity index (χ1n) is 6.11. The minimum absolute atomic E-state index is 0.00879. The molecule has 0 fully saturated rings. The molecule has 0 bridgehead atoms. The van der Waals surface area contributed by atoms with Crippen molar-refractivity contribution in [2.24, 2.45) is 0 Å². The van der Waals surface area contributed by atoms with Crippen LogP contribution in [0.1, 0.15) is 15.2 Å². The zero-order chi connectivity index (χ0) is 13.9. The lowest BCUT2D eigenvalue weighted by Gasteiger charge is -2.07. The highest BCUT2D eigenvalue weighted by molar-refractivity contribution is 7.09. The quantitative estimate of drug-likeness (QED) is 0.777. The van der Waals surface area contributed by atoms with Gasteiger partial charge in [0.15, 0.2) is 0 Å². The summed E-state index contributed by atoms with van der Waals surface area (Å²) in [5, 5.41) is 14.6. The molecule has 0 spiro atoms. The van der Waals surface area contributed by atoms with Gasteiger partial charge in [0.1, 0.15) is 5.75 Å². The Morgan fingerprint density at radius 1 is 1.25 bits per heavy atom. The molecule has 0 aliphatic carbocycles. The van der Waals surface area contributed by atoms with E-state index >= 15 is 0 Å². The molecule has 2 aromatic carbocycles. The molecule has 0 radical (unpaired) electrons. The van der Waals surface area contributed by atoms with E-state index in [1.54, 1.807) is 23.8 Å². The Bertz CT molecular complexity index is 754. The van der Waals surface area contributed by atoms with Crippen LogP contribution in [0.15, 0.2) is 48.1 Å². The molecule has 0 saturated carbocycles. The van der Waals surface area contributed by atoms with Gasteiger partial charge in [-0.3, -0.25) is 9.78 Å². The van der Waals surface area contributed by atoms with Gasteiger partial charge >= 0.3 is 0 Å². The van der Waals surface area contributed by atoms with Gasteiger partial charge in [-0.2, -0.15) is 0 Å². The molecule has 0 saturated heterocycles. The van der Waals surface area contributed by atoms with Gasteiger partial charge in [0.25, 0.3) is 5.91 Å². The van der Waals surface area contributed by atoms with E-state index in [-0.39, 0.29) is 17.2 Å². The number of fused-ring (bicyclic) bond motifs is 1. The normalized spacial score (nSPS) is 10.6. The number of hydrogen-bond acceptors (Lipinski definition) is 4. The summed E-state index contributed by atoms with van der Waals surface area (Å²) in [6.45, 7) is 0.412. The van der Waals surface area contributed by atoms with Crippen molar-refractivity contribution < 1.29 is 9.90 Å². The number of rotatable bonds is 3. The van der Waals surface area contributed by atoms with Gasteiger partial charge in [-0.25, -0.2) is 0 Å². The molecule has 1 heterocycles. The second-order valence-electron chi connectivity index (χ2n) is 4.37.